The molecule has 0 aliphatic heterocycles. The van der Waals surface area contributed by atoms with Crippen molar-refractivity contribution in [2.45, 2.75) is 136 Å². The smallest absolute Gasteiger partial charge is 0.192 e. The molecular formula is C27H54OSi3. The molecule has 4 heteroatoms. The molecule has 0 fully saturated rings. The topological polar surface area (TPSA) is 9.23 Å². The predicted molar refractivity (Wildman–Crippen MR) is 152 cm³/mol. The van der Waals surface area contributed by atoms with Crippen molar-refractivity contribution >= 4 is 24.5 Å². The normalized spacial score (nSPS) is 14.2. The van der Waals surface area contributed by atoms with Gasteiger partial charge in [-0.15, -0.1) is 18.0 Å². The van der Waals surface area contributed by atoms with E-state index in [1.165, 1.54) is 54.4 Å². The number of allylic oxidation sites excluding steroid dienone is 1. The van der Waals surface area contributed by atoms with Crippen LogP contribution in [0.15, 0.2) is 23.9 Å². The van der Waals surface area contributed by atoms with Gasteiger partial charge in [0.15, 0.2) is 8.32 Å². The first kappa shape index (κ1) is 30.7. The van der Waals surface area contributed by atoms with Crippen molar-refractivity contribution in [3.63, 3.8) is 0 Å². The molecule has 0 aromatic carbocycles. The monoisotopic (exact) mass is 478 g/mol. The van der Waals surface area contributed by atoms with Crippen molar-refractivity contribution in [1.82, 2.24) is 0 Å². The van der Waals surface area contributed by atoms with Crippen LogP contribution in [-0.2, 0) is 4.43 Å². The molecule has 0 aromatic heterocycles. The second-order valence-electron chi connectivity index (χ2n) is 9.28. The van der Waals surface area contributed by atoms with Gasteiger partial charge in [0.1, 0.15) is 8.07 Å². The fourth-order valence-electron chi connectivity index (χ4n) is 5.06. The van der Waals surface area contributed by atoms with Crippen LogP contribution in [-0.4, -0.2) is 30.6 Å². The largest absolute Gasteiger partial charge is 0.410 e. The first-order valence-corrected chi connectivity index (χ1v) is 21.1. The Morgan fingerprint density at radius 1 is 0.774 bits per heavy atom. The Morgan fingerprint density at radius 2 is 1.26 bits per heavy atom. The Balaban J connectivity index is 6.28. The fraction of sp³-hybridized carbons (Fsp3) is 0.778. The molecule has 0 saturated heterocycles. The zero-order chi connectivity index (χ0) is 24.0. The number of hydrogen-bond donors (Lipinski definition) is 0. The summed E-state index contributed by atoms with van der Waals surface area (Å²) >= 11 is 0. The van der Waals surface area contributed by atoms with Crippen LogP contribution in [0.1, 0.15) is 75.2 Å². The predicted octanol–water partition coefficient (Wildman–Crippen LogP) is 9.37. The third-order valence-electron chi connectivity index (χ3n) is 8.49. The zero-order valence-corrected chi connectivity index (χ0v) is 25.6. The van der Waals surface area contributed by atoms with E-state index in [2.05, 4.69) is 92.5 Å². The van der Waals surface area contributed by atoms with Crippen LogP contribution in [0, 0.1) is 11.5 Å². The lowest BCUT2D eigenvalue weighted by molar-refractivity contribution is 0.235. The van der Waals surface area contributed by atoms with Gasteiger partial charge in [0.05, 0.1) is 14.2 Å². The van der Waals surface area contributed by atoms with Crippen LogP contribution >= 0.6 is 0 Å². The fourth-order valence-corrected chi connectivity index (χ4v) is 14.2. The molecule has 1 atom stereocenters. The average Bonchev–Trinajstić information content (AvgIpc) is 2.82. The summed E-state index contributed by atoms with van der Waals surface area (Å²) in [6.07, 6.45) is 6.68. The third kappa shape index (κ3) is 8.50. The molecule has 0 spiro atoms. The Hall–Kier alpha value is -0.349. The second kappa shape index (κ2) is 15.5. The van der Waals surface area contributed by atoms with E-state index in [1.807, 2.05) is 0 Å². The van der Waals surface area contributed by atoms with Gasteiger partial charge >= 0.3 is 0 Å². The summed E-state index contributed by atoms with van der Waals surface area (Å²) < 4.78 is 6.97. The lowest BCUT2D eigenvalue weighted by atomic mass is 10.2. The summed E-state index contributed by atoms with van der Waals surface area (Å²) in [6, 6.07) is 11.4. The summed E-state index contributed by atoms with van der Waals surface area (Å²) in [4.78, 5) is 0. The molecule has 0 aromatic rings. The van der Waals surface area contributed by atoms with E-state index >= 15 is 0 Å². The molecule has 0 radical (unpaired) electrons. The van der Waals surface area contributed by atoms with E-state index in [1.54, 1.807) is 5.20 Å². The maximum atomic E-state index is 6.97. The molecule has 1 unspecified atom stereocenters. The van der Waals surface area contributed by atoms with Crippen LogP contribution in [0.5, 0.6) is 0 Å². The Labute approximate surface area is 199 Å². The highest BCUT2D eigenvalue weighted by Gasteiger charge is 2.34. The standard InChI is InChI=1S/C27H54OSi3/c1-11-22-26(28-31(18-8,19-9)20-10)25-27(30(15-5,16-6)17-7)23-21-24-29(12-2,13-3)14-4/h11,25-26H,1,12-20,22-23H2,2-10H3/b27-25+. The number of rotatable bonds is 16. The Kier molecular flexibility index (Phi) is 15.3. The summed E-state index contributed by atoms with van der Waals surface area (Å²) in [7, 11) is -4.55. The van der Waals surface area contributed by atoms with Gasteiger partial charge in [0, 0.05) is 6.42 Å². The van der Waals surface area contributed by atoms with Crippen molar-refractivity contribution in [2.75, 3.05) is 0 Å². The quantitative estimate of drug-likeness (QED) is 0.122. The van der Waals surface area contributed by atoms with Crippen LogP contribution in [0.4, 0.5) is 0 Å². The Morgan fingerprint density at radius 3 is 1.61 bits per heavy atom. The van der Waals surface area contributed by atoms with Crippen LogP contribution in [0.25, 0.3) is 0 Å². The van der Waals surface area contributed by atoms with E-state index in [9.17, 15) is 0 Å². The van der Waals surface area contributed by atoms with E-state index in [0.29, 0.717) is 0 Å². The molecule has 180 valence electrons. The van der Waals surface area contributed by atoms with Gasteiger partial charge in [0.25, 0.3) is 0 Å². The SMILES string of the molecule is C=CCC(/C=C(\CC#C[Si](CC)(CC)CC)[Si](CC)(CC)CC)O[Si](CC)(CC)CC. The molecule has 0 saturated carbocycles. The summed E-state index contributed by atoms with van der Waals surface area (Å²) in [6.45, 7) is 25.3. The molecule has 0 N–H and O–H groups in total. The van der Waals surface area contributed by atoms with Crippen molar-refractivity contribution in [3.8, 4) is 11.5 Å². The van der Waals surface area contributed by atoms with Crippen LogP contribution in [0.3, 0.4) is 0 Å². The molecule has 0 rings (SSSR count). The molecule has 0 amide bonds. The highest BCUT2D eigenvalue weighted by molar-refractivity contribution is 6.87. The summed E-state index contributed by atoms with van der Waals surface area (Å²) in [5.41, 5.74) is 3.86. The molecule has 0 heterocycles. The molecule has 31 heavy (non-hydrogen) atoms. The maximum absolute atomic E-state index is 6.97. The van der Waals surface area contributed by atoms with Crippen molar-refractivity contribution in [1.29, 1.82) is 0 Å². The highest BCUT2D eigenvalue weighted by Crippen LogP contribution is 2.33. The zero-order valence-electron chi connectivity index (χ0n) is 22.6. The Bertz CT molecular complexity index is 563. The van der Waals surface area contributed by atoms with Gasteiger partial charge in [0.2, 0.25) is 0 Å². The van der Waals surface area contributed by atoms with Gasteiger partial charge in [-0.1, -0.05) is 97.8 Å². The lowest BCUT2D eigenvalue weighted by Crippen LogP contribution is -2.40. The van der Waals surface area contributed by atoms with Gasteiger partial charge < -0.3 is 4.43 Å². The summed E-state index contributed by atoms with van der Waals surface area (Å²) in [5, 5.41) is 1.66. The lowest BCUT2D eigenvalue weighted by Gasteiger charge is -2.35. The van der Waals surface area contributed by atoms with Crippen molar-refractivity contribution in [3.05, 3.63) is 23.9 Å². The van der Waals surface area contributed by atoms with Gasteiger partial charge in [-0.2, -0.15) is 0 Å². The highest BCUT2D eigenvalue weighted by atomic mass is 28.4. The van der Waals surface area contributed by atoms with Gasteiger partial charge in [-0.25, -0.2) is 0 Å². The molecule has 0 bridgehead atoms. The minimum atomic E-state index is -1.66. The van der Waals surface area contributed by atoms with E-state index in [4.69, 9.17) is 4.43 Å². The van der Waals surface area contributed by atoms with E-state index in [-0.39, 0.29) is 6.10 Å². The van der Waals surface area contributed by atoms with E-state index < -0.39 is 24.5 Å². The molecule has 1 nitrogen and oxygen atoms in total. The van der Waals surface area contributed by atoms with Crippen LogP contribution in [0.2, 0.25) is 54.4 Å². The van der Waals surface area contributed by atoms with Crippen LogP contribution < -0.4 is 0 Å². The van der Waals surface area contributed by atoms with E-state index in [0.717, 1.165) is 12.8 Å². The average molecular weight is 479 g/mol. The second-order valence-corrected chi connectivity index (χ2v) is 24.3. The van der Waals surface area contributed by atoms with Gasteiger partial charge in [-0.3, -0.25) is 0 Å². The van der Waals surface area contributed by atoms with Crippen molar-refractivity contribution < 1.29 is 4.43 Å². The van der Waals surface area contributed by atoms with Crippen molar-refractivity contribution in [2.24, 2.45) is 0 Å². The minimum Gasteiger partial charge on any atom is -0.410 e. The molecule has 0 aliphatic rings. The van der Waals surface area contributed by atoms with Gasteiger partial charge in [-0.05, 0) is 42.7 Å². The molecule has 0 aliphatic carbocycles. The minimum absolute atomic E-state index is 0.183. The maximum Gasteiger partial charge on any atom is 0.192 e. The first-order chi connectivity index (χ1) is 14.8. The number of hydrogen-bond acceptors (Lipinski definition) is 1. The summed E-state index contributed by atoms with van der Waals surface area (Å²) in [5.74, 6) is 3.75. The first-order valence-electron chi connectivity index (χ1n) is 13.3. The third-order valence-corrected chi connectivity index (χ3v) is 23.7. The molecular weight excluding hydrogens is 425 g/mol.